The molecule has 0 bridgehead atoms. The van der Waals surface area contributed by atoms with Crippen molar-refractivity contribution in [2.45, 2.75) is 25.3 Å². The van der Waals surface area contributed by atoms with Crippen molar-refractivity contribution < 1.29 is 9.72 Å². The Morgan fingerprint density at radius 3 is 2.78 bits per heavy atom. The number of pyridine rings is 1. The maximum Gasteiger partial charge on any atom is 0.273 e. The highest BCUT2D eigenvalue weighted by Gasteiger charge is 2.31. The van der Waals surface area contributed by atoms with Crippen molar-refractivity contribution in [3.63, 3.8) is 0 Å². The van der Waals surface area contributed by atoms with Crippen LogP contribution in [0.25, 0.3) is 0 Å². The molecule has 23 heavy (non-hydrogen) atoms. The molecule has 2 aromatic rings. The van der Waals surface area contributed by atoms with Crippen LogP contribution in [0.15, 0.2) is 48.7 Å². The Bertz CT molecular complexity index is 718. The molecule has 1 aromatic carbocycles. The molecule has 6 heteroatoms. The first-order valence-electron chi connectivity index (χ1n) is 7.59. The SMILES string of the molecule is O=C(Cc1ccccc1[N+](=O)[O-])N1CCC[C@H]1c1ccccn1. The molecule has 1 aliphatic rings. The Hall–Kier alpha value is -2.76. The summed E-state index contributed by atoms with van der Waals surface area (Å²) < 4.78 is 0. The third-order valence-electron chi connectivity index (χ3n) is 4.13. The molecule has 1 fully saturated rings. The lowest BCUT2D eigenvalue weighted by Crippen LogP contribution is -2.32. The van der Waals surface area contributed by atoms with E-state index in [9.17, 15) is 14.9 Å². The van der Waals surface area contributed by atoms with Gasteiger partial charge in [-0.15, -0.1) is 0 Å². The van der Waals surface area contributed by atoms with Gasteiger partial charge in [-0.1, -0.05) is 24.3 Å². The molecule has 2 heterocycles. The van der Waals surface area contributed by atoms with Crippen LogP contribution in [0.4, 0.5) is 5.69 Å². The number of hydrogen-bond donors (Lipinski definition) is 0. The Balaban J connectivity index is 1.79. The summed E-state index contributed by atoms with van der Waals surface area (Å²) >= 11 is 0. The zero-order chi connectivity index (χ0) is 16.2. The number of nitro benzene ring substituents is 1. The van der Waals surface area contributed by atoms with Crippen LogP contribution in [0.3, 0.4) is 0 Å². The number of nitro groups is 1. The van der Waals surface area contributed by atoms with E-state index in [4.69, 9.17) is 0 Å². The largest absolute Gasteiger partial charge is 0.334 e. The van der Waals surface area contributed by atoms with E-state index in [0.29, 0.717) is 12.1 Å². The third-order valence-corrected chi connectivity index (χ3v) is 4.13. The van der Waals surface area contributed by atoms with E-state index in [1.807, 2.05) is 18.2 Å². The number of nitrogens with zero attached hydrogens (tertiary/aromatic N) is 3. The van der Waals surface area contributed by atoms with Gasteiger partial charge in [0, 0.05) is 24.4 Å². The highest BCUT2D eigenvalue weighted by molar-refractivity contribution is 5.80. The van der Waals surface area contributed by atoms with Gasteiger partial charge in [-0.3, -0.25) is 19.9 Å². The molecule has 3 rings (SSSR count). The fraction of sp³-hybridized carbons (Fsp3) is 0.294. The molecule has 1 amide bonds. The molecule has 0 saturated carbocycles. The van der Waals surface area contributed by atoms with Gasteiger partial charge in [-0.05, 0) is 25.0 Å². The van der Waals surface area contributed by atoms with Gasteiger partial charge >= 0.3 is 0 Å². The summed E-state index contributed by atoms with van der Waals surface area (Å²) in [5.74, 6) is -0.0903. The summed E-state index contributed by atoms with van der Waals surface area (Å²) in [7, 11) is 0. The molecule has 0 radical (unpaired) electrons. The number of carbonyl (C=O) groups is 1. The van der Waals surface area contributed by atoms with Crippen LogP contribution in [0.2, 0.25) is 0 Å². The van der Waals surface area contributed by atoms with Gasteiger partial charge in [0.15, 0.2) is 0 Å². The second-order valence-corrected chi connectivity index (χ2v) is 5.56. The van der Waals surface area contributed by atoms with Gasteiger partial charge in [-0.25, -0.2) is 0 Å². The molecule has 118 valence electrons. The van der Waals surface area contributed by atoms with Crippen LogP contribution >= 0.6 is 0 Å². The van der Waals surface area contributed by atoms with Crippen LogP contribution in [0.1, 0.15) is 30.1 Å². The highest BCUT2D eigenvalue weighted by Crippen LogP contribution is 2.31. The standard InChI is InChI=1S/C17H17N3O3/c21-17(12-13-6-1-2-8-15(13)20(22)23)19-11-5-9-16(19)14-7-3-4-10-18-14/h1-4,6-8,10,16H,5,9,11-12H2/t16-/m0/s1. The van der Waals surface area contributed by atoms with E-state index in [0.717, 1.165) is 18.5 Å². The van der Waals surface area contributed by atoms with Crippen molar-refractivity contribution >= 4 is 11.6 Å². The highest BCUT2D eigenvalue weighted by atomic mass is 16.6. The lowest BCUT2D eigenvalue weighted by molar-refractivity contribution is -0.385. The first kappa shape index (κ1) is 15.1. The maximum atomic E-state index is 12.6. The van der Waals surface area contributed by atoms with Gasteiger partial charge in [0.2, 0.25) is 5.91 Å². The minimum absolute atomic E-state index is 0.00515. The average Bonchev–Trinajstić information content (AvgIpc) is 3.05. The lowest BCUT2D eigenvalue weighted by atomic mass is 10.1. The second-order valence-electron chi connectivity index (χ2n) is 5.56. The summed E-state index contributed by atoms with van der Waals surface area (Å²) in [6, 6.07) is 12.0. The number of rotatable bonds is 4. The summed E-state index contributed by atoms with van der Waals surface area (Å²) in [6.45, 7) is 0.667. The zero-order valence-corrected chi connectivity index (χ0v) is 12.6. The molecule has 0 N–H and O–H groups in total. The van der Waals surface area contributed by atoms with E-state index in [2.05, 4.69) is 4.98 Å². The Morgan fingerprint density at radius 1 is 1.26 bits per heavy atom. The van der Waals surface area contributed by atoms with Crippen LogP contribution in [0, 0.1) is 10.1 Å². The number of para-hydroxylation sites is 1. The zero-order valence-electron chi connectivity index (χ0n) is 12.6. The van der Waals surface area contributed by atoms with Crippen molar-refractivity contribution in [3.8, 4) is 0 Å². The van der Waals surface area contributed by atoms with E-state index < -0.39 is 4.92 Å². The molecule has 1 aliphatic heterocycles. The van der Waals surface area contributed by atoms with E-state index in [1.54, 1.807) is 29.3 Å². The Kier molecular flexibility index (Phi) is 4.32. The van der Waals surface area contributed by atoms with Gasteiger partial charge in [0.25, 0.3) is 5.69 Å². The van der Waals surface area contributed by atoms with Gasteiger partial charge in [-0.2, -0.15) is 0 Å². The van der Waals surface area contributed by atoms with Crippen molar-refractivity contribution in [3.05, 3.63) is 70.0 Å². The quantitative estimate of drug-likeness (QED) is 0.642. The number of likely N-dealkylation sites (tertiary alicyclic amines) is 1. The molecule has 0 spiro atoms. The molecule has 1 aromatic heterocycles. The molecule has 1 atom stereocenters. The van der Waals surface area contributed by atoms with E-state index >= 15 is 0 Å². The number of amides is 1. The lowest BCUT2D eigenvalue weighted by Gasteiger charge is -2.24. The topological polar surface area (TPSA) is 76.3 Å². The van der Waals surface area contributed by atoms with E-state index in [-0.39, 0.29) is 24.1 Å². The van der Waals surface area contributed by atoms with Crippen LogP contribution in [0.5, 0.6) is 0 Å². The maximum absolute atomic E-state index is 12.6. The molecular formula is C17H17N3O3. The molecule has 6 nitrogen and oxygen atoms in total. The number of carbonyl (C=O) groups excluding carboxylic acids is 1. The minimum Gasteiger partial charge on any atom is -0.334 e. The summed E-state index contributed by atoms with van der Waals surface area (Å²) in [5, 5.41) is 11.1. The van der Waals surface area contributed by atoms with Crippen LogP contribution in [-0.2, 0) is 11.2 Å². The number of aromatic nitrogens is 1. The van der Waals surface area contributed by atoms with Crippen molar-refractivity contribution in [1.29, 1.82) is 0 Å². The van der Waals surface area contributed by atoms with Gasteiger partial charge in [0.1, 0.15) is 0 Å². The number of benzene rings is 1. The van der Waals surface area contributed by atoms with Crippen molar-refractivity contribution in [1.82, 2.24) is 9.88 Å². The summed E-state index contributed by atoms with van der Waals surface area (Å²) in [4.78, 5) is 29.4. The fourth-order valence-corrected chi connectivity index (χ4v) is 3.05. The minimum atomic E-state index is -0.442. The fourth-order valence-electron chi connectivity index (χ4n) is 3.05. The van der Waals surface area contributed by atoms with Crippen molar-refractivity contribution in [2.24, 2.45) is 0 Å². The monoisotopic (exact) mass is 311 g/mol. The van der Waals surface area contributed by atoms with Gasteiger partial charge < -0.3 is 4.90 Å². The Morgan fingerprint density at radius 2 is 2.04 bits per heavy atom. The molecule has 1 saturated heterocycles. The normalized spacial score (nSPS) is 17.2. The number of hydrogen-bond acceptors (Lipinski definition) is 4. The smallest absolute Gasteiger partial charge is 0.273 e. The summed E-state index contributed by atoms with van der Waals surface area (Å²) in [5.41, 5.74) is 1.32. The van der Waals surface area contributed by atoms with Crippen LogP contribution in [-0.4, -0.2) is 27.3 Å². The molecule has 0 unspecified atom stereocenters. The average molecular weight is 311 g/mol. The predicted octanol–water partition coefficient (Wildman–Crippen LogP) is 2.90. The van der Waals surface area contributed by atoms with E-state index in [1.165, 1.54) is 6.07 Å². The first-order valence-corrected chi connectivity index (χ1v) is 7.59. The third kappa shape index (κ3) is 3.21. The Labute approximate surface area is 133 Å². The summed E-state index contributed by atoms with van der Waals surface area (Å²) in [6.07, 6.45) is 3.56. The van der Waals surface area contributed by atoms with Crippen LogP contribution < -0.4 is 0 Å². The van der Waals surface area contributed by atoms with Gasteiger partial charge in [0.05, 0.1) is 23.1 Å². The van der Waals surface area contributed by atoms with Crippen molar-refractivity contribution in [2.75, 3.05) is 6.54 Å². The predicted molar refractivity (Wildman–Crippen MR) is 84.7 cm³/mol. The molecular weight excluding hydrogens is 294 g/mol. The molecule has 0 aliphatic carbocycles. The first-order chi connectivity index (χ1) is 11.2. The second kappa shape index (κ2) is 6.56.